The number of halogens is 1. The molecule has 0 radical (unpaired) electrons. The van der Waals surface area contributed by atoms with E-state index >= 15 is 4.39 Å². The lowest BCUT2D eigenvalue weighted by Gasteiger charge is -2.46. The Labute approximate surface area is 214 Å². The predicted octanol–water partition coefficient (Wildman–Crippen LogP) is -4.23. The highest BCUT2D eigenvalue weighted by molar-refractivity contribution is 5.80. The van der Waals surface area contributed by atoms with E-state index in [4.69, 9.17) is 41.9 Å². The predicted molar refractivity (Wildman–Crippen MR) is 126 cm³/mol. The maximum absolute atomic E-state index is 16.0. The molecule has 3 rings (SSSR count). The van der Waals surface area contributed by atoms with E-state index in [1.807, 2.05) is 0 Å². The van der Waals surface area contributed by atoms with Crippen molar-refractivity contribution in [3.8, 4) is 0 Å². The van der Waals surface area contributed by atoms with Crippen molar-refractivity contribution < 1.29 is 48.6 Å². The van der Waals surface area contributed by atoms with Crippen molar-refractivity contribution in [3.05, 3.63) is 12.0 Å². The quantitative estimate of drug-likeness (QED) is 0.128. The minimum atomic E-state index is -1.98. The number of ether oxygens (including phenoxy) is 4. The average molecular weight is 538 g/mol. The molecule has 15 heteroatoms. The Hall–Kier alpha value is -1.66. The van der Waals surface area contributed by atoms with E-state index in [9.17, 15) is 25.2 Å². The number of carbonyl (C=O) groups excluding carboxylic acids is 1. The number of rotatable bonds is 10. The second kappa shape index (κ2) is 13.4. The van der Waals surface area contributed by atoms with Gasteiger partial charge in [0.05, 0.1) is 18.7 Å². The number of carbonyl (C=O) groups is 1. The van der Waals surface area contributed by atoms with Gasteiger partial charge in [0.15, 0.2) is 18.6 Å². The van der Waals surface area contributed by atoms with E-state index in [1.54, 1.807) is 6.08 Å². The van der Waals surface area contributed by atoms with Gasteiger partial charge in [-0.05, 0) is 38.3 Å². The molecule has 1 aliphatic carbocycles. The number of alkyl halides is 1. The fraction of sp³-hybridized carbons (Fsp3) is 0.864. The number of amides is 1. The summed E-state index contributed by atoms with van der Waals surface area (Å²) >= 11 is 0. The standard InChI is InChI=1S/C22H40FN5O9/c23-15-19(36-14-3-1-2-9(7-25)34-14)10(26)6-11(28-21(33)12(30)4-5-24)20(15)37-22-18(32)16(27)17(31)13(8-29)35-22/h3,9-13,15-20,22,29-32H,1-2,4-8,24-27H2,(H,28,33)/t9-,10-,11+,12-,13?,15?,16-,17-,18?,19?,20-,22+/m0/s1. The van der Waals surface area contributed by atoms with Gasteiger partial charge in [-0.15, -0.1) is 0 Å². The third-order valence-corrected chi connectivity index (χ3v) is 6.87. The Kier molecular flexibility index (Phi) is 10.8. The first-order chi connectivity index (χ1) is 17.6. The van der Waals surface area contributed by atoms with Crippen LogP contribution in [-0.4, -0.2) is 119 Å². The van der Waals surface area contributed by atoms with Gasteiger partial charge in [-0.25, -0.2) is 4.39 Å². The van der Waals surface area contributed by atoms with Gasteiger partial charge in [-0.2, -0.15) is 0 Å². The van der Waals surface area contributed by atoms with Crippen molar-refractivity contribution in [2.75, 3.05) is 19.7 Å². The molecule has 12 atom stereocenters. The van der Waals surface area contributed by atoms with E-state index in [0.29, 0.717) is 12.8 Å². The minimum absolute atomic E-state index is 0.0237. The van der Waals surface area contributed by atoms with E-state index in [1.165, 1.54) is 0 Å². The molecule has 37 heavy (non-hydrogen) atoms. The summed E-state index contributed by atoms with van der Waals surface area (Å²) in [6, 6.07) is -3.27. The molecule has 0 bridgehead atoms. The van der Waals surface area contributed by atoms with Crippen LogP contribution in [0.3, 0.4) is 0 Å². The zero-order valence-electron chi connectivity index (χ0n) is 20.5. The first-order valence-corrected chi connectivity index (χ1v) is 12.5. The highest BCUT2D eigenvalue weighted by Crippen LogP contribution is 2.33. The van der Waals surface area contributed by atoms with Crippen LogP contribution in [0.5, 0.6) is 0 Å². The Morgan fingerprint density at radius 1 is 1.24 bits per heavy atom. The van der Waals surface area contributed by atoms with Crippen LogP contribution in [0.1, 0.15) is 25.7 Å². The fourth-order valence-corrected chi connectivity index (χ4v) is 4.66. The van der Waals surface area contributed by atoms with Crippen LogP contribution in [0, 0.1) is 0 Å². The molecule has 2 heterocycles. The number of hydrogen-bond acceptors (Lipinski definition) is 13. The molecule has 0 aromatic carbocycles. The van der Waals surface area contributed by atoms with Gasteiger partial charge >= 0.3 is 0 Å². The Balaban J connectivity index is 1.82. The van der Waals surface area contributed by atoms with E-state index in [0.717, 1.165) is 0 Å². The molecule has 214 valence electrons. The second-order valence-corrected chi connectivity index (χ2v) is 9.60. The molecule has 0 spiro atoms. The van der Waals surface area contributed by atoms with Crippen LogP contribution in [0.2, 0.25) is 0 Å². The van der Waals surface area contributed by atoms with E-state index in [-0.39, 0.29) is 38.0 Å². The molecule has 2 fully saturated rings. The Morgan fingerprint density at radius 2 is 1.97 bits per heavy atom. The molecule has 13 N–H and O–H groups in total. The SMILES string of the molecule is NCC[C@H](O)C(=O)N[C@@H]1C[C@H](N)C(OC2=CCC[C@@H](CN)O2)C(F)[C@H]1O[C@H]1OC(CO)[C@H](O)[C@H](N)C1O. The van der Waals surface area contributed by atoms with Gasteiger partial charge in [0.1, 0.15) is 36.6 Å². The molecule has 0 aromatic heterocycles. The van der Waals surface area contributed by atoms with Gasteiger partial charge in [0.2, 0.25) is 5.91 Å². The van der Waals surface area contributed by atoms with Crippen LogP contribution in [0.15, 0.2) is 12.0 Å². The average Bonchev–Trinajstić information content (AvgIpc) is 2.88. The lowest BCUT2D eigenvalue weighted by atomic mass is 9.84. The van der Waals surface area contributed by atoms with E-state index < -0.39 is 79.7 Å². The number of aliphatic hydroxyl groups excluding tert-OH is 4. The summed E-state index contributed by atoms with van der Waals surface area (Å²) in [4.78, 5) is 12.5. The van der Waals surface area contributed by atoms with Crippen molar-refractivity contribution >= 4 is 5.91 Å². The van der Waals surface area contributed by atoms with Gasteiger partial charge in [0, 0.05) is 12.6 Å². The summed E-state index contributed by atoms with van der Waals surface area (Å²) < 4.78 is 38.7. The van der Waals surface area contributed by atoms with Gasteiger partial charge in [-0.1, -0.05) is 0 Å². The number of nitrogens with one attached hydrogen (secondary N) is 1. The molecule has 2 aliphatic heterocycles. The molecule has 4 unspecified atom stereocenters. The van der Waals surface area contributed by atoms with Crippen LogP contribution in [-0.2, 0) is 23.7 Å². The molecule has 14 nitrogen and oxygen atoms in total. The molecule has 1 saturated heterocycles. The van der Waals surface area contributed by atoms with Gasteiger partial charge in [-0.3, -0.25) is 4.79 Å². The summed E-state index contributed by atoms with van der Waals surface area (Å²) in [6.45, 7) is -0.346. The monoisotopic (exact) mass is 537 g/mol. The highest BCUT2D eigenvalue weighted by atomic mass is 19.1. The summed E-state index contributed by atoms with van der Waals surface area (Å²) in [5.41, 5.74) is 23.2. The zero-order chi connectivity index (χ0) is 27.3. The Morgan fingerprint density at radius 3 is 2.62 bits per heavy atom. The summed E-state index contributed by atoms with van der Waals surface area (Å²) in [7, 11) is 0. The number of nitrogens with two attached hydrogens (primary N) is 4. The van der Waals surface area contributed by atoms with Gasteiger partial charge < -0.3 is 67.6 Å². The third kappa shape index (κ3) is 7.06. The van der Waals surface area contributed by atoms with Gasteiger partial charge in [0.25, 0.3) is 5.95 Å². The molecule has 3 aliphatic rings. The summed E-state index contributed by atoms with van der Waals surface area (Å²) in [5, 5.41) is 42.7. The third-order valence-electron chi connectivity index (χ3n) is 6.87. The van der Waals surface area contributed by atoms with Crippen molar-refractivity contribution in [2.24, 2.45) is 22.9 Å². The summed E-state index contributed by atoms with van der Waals surface area (Å²) in [5.74, 6) is -0.735. The molecular weight excluding hydrogens is 497 g/mol. The van der Waals surface area contributed by atoms with Crippen molar-refractivity contribution in [3.63, 3.8) is 0 Å². The normalized spacial score (nSPS) is 41.3. The zero-order valence-corrected chi connectivity index (χ0v) is 20.5. The smallest absolute Gasteiger partial charge is 0.275 e. The molecule has 1 amide bonds. The maximum atomic E-state index is 16.0. The fourth-order valence-electron chi connectivity index (χ4n) is 4.66. The molecule has 1 saturated carbocycles. The molecule has 0 aromatic rings. The largest absolute Gasteiger partial charge is 0.461 e. The van der Waals surface area contributed by atoms with E-state index in [2.05, 4.69) is 5.32 Å². The van der Waals surface area contributed by atoms with Crippen LogP contribution >= 0.6 is 0 Å². The van der Waals surface area contributed by atoms with Crippen LogP contribution in [0.4, 0.5) is 4.39 Å². The number of aliphatic hydroxyl groups is 4. The number of allylic oxidation sites excluding steroid dienone is 1. The summed E-state index contributed by atoms with van der Waals surface area (Å²) in [6.07, 6.45) is -9.35. The maximum Gasteiger partial charge on any atom is 0.275 e. The topological polar surface area (TPSA) is 251 Å². The van der Waals surface area contributed by atoms with Crippen molar-refractivity contribution in [1.29, 1.82) is 0 Å². The van der Waals surface area contributed by atoms with Crippen LogP contribution < -0.4 is 28.3 Å². The first kappa shape index (κ1) is 29.9. The Bertz CT molecular complexity index is 781. The van der Waals surface area contributed by atoms with Crippen LogP contribution in [0.25, 0.3) is 0 Å². The number of hydrogen-bond donors (Lipinski definition) is 9. The highest BCUT2D eigenvalue weighted by Gasteiger charge is 2.51. The molecular formula is C22H40FN5O9. The lowest BCUT2D eigenvalue weighted by molar-refractivity contribution is -0.302. The van der Waals surface area contributed by atoms with Crippen molar-refractivity contribution in [1.82, 2.24) is 5.32 Å². The first-order valence-electron chi connectivity index (χ1n) is 12.5. The minimum Gasteiger partial charge on any atom is -0.461 e. The van der Waals surface area contributed by atoms with Crippen molar-refractivity contribution in [2.45, 2.75) is 99.0 Å². The lowest BCUT2D eigenvalue weighted by Crippen LogP contribution is -2.67. The second-order valence-electron chi connectivity index (χ2n) is 9.60.